The van der Waals surface area contributed by atoms with E-state index in [2.05, 4.69) is 3.07 Å². The van der Waals surface area contributed by atoms with E-state index in [4.69, 9.17) is 0 Å². The molecule has 0 bridgehead atoms. The number of hydrogen-bond donors (Lipinski definition) is 0. The van der Waals surface area contributed by atoms with Crippen LogP contribution in [0.2, 0.25) is 0 Å². The largest absolute Gasteiger partial charge is 0.616 e. The van der Waals surface area contributed by atoms with Crippen molar-refractivity contribution in [1.29, 1.82) is 0 Å². The monoisotopic (exact) mass is 342 g/mol. The molecule has 0 aliphatic carbocycles. The van der Waals surface area contributed by atoms with Crippen LogP contribution in [0.3, 0.4) is 0 Å². The van der Waals surface area contributed by atoms with Gasteiger partial charge in [-0.05, 0) is 12.8 Å². The third-order valence-electron chi connectivity index (χ3n) is 2.28. The zero-order valence-electron chi connectivity index (χ0n) is 7.22. The Morgan fingerprint density at radius 3 is 2.21 bits per heavy atom. The van der Waals surface area contributed by atoms with Gasteiger partial charge in [-0.25, -0.2) is 0 Å². The summed E-state index contributed by atoms with van der Waals surface area (Å²) in [6.07, 6.45) is -5.36. The molecule has 0 N–H and O–H groups in total. The molecule has 0 amide bonds. The van der Waals surface area contributed by atoms with Crippen molar-refractivity contribution >= 4 is 34.2 Å². The van der Waals surface area contributed by atoms with E-state index < -0.39 is 29.4 Å². The molecule has 14 heavy (non-hydrogen) atoms. The van der Waals surface area contributed by atoms with Crippen molar-refractivity contribution in [2.75, 3.05) is 11.5 Å². The predicted octanol–water partition coefficient (Wildman–Crippen LogP) is 2.44. The van der Waals surface area contributed by atoms with Gasteiger partial charge in [0.15, 0.2) is 6.10 Å². The number of alkyl halides is 3. The molecule has 0 aromatic heterocycles. The molecule has 2 nitrogen and oxygen atoms in total. The van der Waals surface area contributed by atoms with E-state index in [-0.39, 0.29) is 0 Å². The lowest BCUT2D eigenvalue weighted by atomic mass is 9.96. The van der Waals surface area contributed by atoms with Gasteiger partial charge in [0.05, 0.1) is 0 Å². The Balaban J connectivity index is 2.54. The zero-order chi connectivity index (χ0) is 10.8. The maximum Gasteiger partial charge on any atom is 0.415 e. The fourth-order valence-electron chi connectivity index (χ4n) is 1.51. The van der Waals surface area contributed by atoms with E-state index >= 15 is 0 Å². The Labute approximate surface area is 97.4 Å². The van der Waals surface area contributed by atoms with Crippen molar-refractivity contribution in [2.24, 2.45) is 5.92 Å². The summed E-state index contributed by atoms with van der Waals surface area (Å²) in [7, 11) is 0. The first-order valence-electron chi connectivity index (χ1n) is 4.14. The highest BCUT2D eigenvalue weighted by atomic mass is 127. The maximum atomic E-state index is 12.4. The lowest BCUT2D eigenvalue weighted by Gasteiger charge is -2.30. The Bertz CT molecular complexity index is 182. The standard InChI is InChI=1S/C7H10F3IO2S/c8-7(9,10)6(13-11)5-1-3-14(12)4-2-5/h5-6H,1-4H2. The summed E-state index contributed by atoms with van der Waals surface area (Å²) in [5.41, 5.74) is 0. The molecule has 0 aromatic rings. The SMILES string of the molecule is [O-][S+]1CCC(C(OI)C(F)(F)F)CC1. The first kappa shape index (κ1) is 12.9. The van der Waals surface area contributed by atoms with Crippen molar-refractivity contribution in [3.05, 3.63) is 0 Å². The van der Waals surface area contributed by atoms with Gasteiger partial charge in [-0.15, -0.1) is 0 Å². The zero-order valence-corrected chi connectivity index (χ0v) is 10.2. The predicted molar refractivity (Wildman–Crippen MR) is 55.5 cm³/mol. The van der Waals surface area contributed by atoms with Gasteiger partial charge in [-0.3, -0.25) is 0 Å². The first-order valence-corrected chi connectivity index (χ1v) is 6.51. The van der Waals surface area contributed by atoms with Crippen LogP contribution in [0.25, 0.3) is 0 Å². The van der Waals surface area contributed by atoms with Crippen molar-refractivity contribution in [2.45, 2.75) is 25.1 Å². The van der Waals surface area contributed by atoms with Crippen LogP contribution in [0.5, 0.6) is 0 Å². The van der Waals surface area contributed by atoms with E-state index in [1.165, 1.54) is 23.0 Å². The van der Waals surface area contributed by atoms with E-state index in [1.807, 2.05) is 0 Å². The second kappa shape index (κ2) is 5.22. The molecule has 1 atom stereocenters. The summed E-state index contributed by atoms with van der Waals surface area (Å²) in [5.74, 6) is 0.179. The van der Waals surface area contributed by atoms with Crippen LogP contribution >= 0.6 is 23.0 Å². The highest BCUT2D eigenvalue weighted by Crippen LogP contribution is 2.35. The van der Waals surface area contributed by atoms with Crippen LogP contribution < -0.4 is 0 Å². The smallest absolute Gasteiger partial charge is 0.415 e. The molecule has 0 spiro atoms. The molecule has 0 saturated carbocycles. The lowest BCUT2D eigenvalue weighted by molar-refractivity contribution is -0.201. The van der Waals surface area contributed by atoms with Crippen LogP contribution in [0, 0.1) is 5.92 Å². The Hall–Kier alpha value is 0.790. The van der Waals surface area contributed by atoms with Crippen LogP contribution in [0.1, 0.15) is 12.8 Å². The molecule has 7 heteroatoms. The van der Waals surface area contributed by atoms with Crippen molar-refractivity contribution < 1.29 is 20.8 Å². The Morgan fingerprint density at radius 2 is 1.86 bits per heavy atom. The molecule has 1 aliphatic heterocycles. The van der Waals surface area contributed by atoms with Gasteiger partial charge in [-0.2, -0.15) is 13.2 Å². The summed E-state index contributed by atoms with van der Waals surface area (Å²) >= 11 is 0.355. The van der Waals surface area contributed by atoms with E-state index in [9.17, 15) is 17.7 Å². The number of halogens is 4. The Morgan fingerprint density at radius 1 is 1.36 bits per heavy atom. The summed E-state index contributed by atoms with van der Waals surface area (Å²) in [5, 5.41) is 0. The van der Waals surface area contributed by atoms with Gasteiger partial charge >= 0.3 is 6.18 Å². The second-order valence-electron chi connectivity index (χ2n) is 3.24. The van der Waals surface area contributed by atoms with Crippen LogP contribution in [-0.2, 0) is 14.2 Å². The van der Waals surface area contributed by atoms with E-state index in [0.717, 1.165) is 0 Å². The summed E-state index contributed by atoms with van der Waals surface area (Å²) < 4.78 is 52.6. The summed E-state index contributed by atoms with van der Waals surface area (Å²) in [6.45, 7) is 0. The molecule has 1 heterocycles. The van der Waals surface area contributed by atoms with Crippen molar-refractivity contribution in [1.82, 2.24) is 0 Å². The van der Waals surface area contributed by atoms with Gasteiger partial charge in [0, 0.05) is 5.92 Å². The van der Waals surface area contributed by atoms with Crippen molar-refractivity contribution in [3.8, 4) is 0 Å². The molecule has 1 fully saturated rings. The maximum absolute atomic E-state index is 12.4. The molecule has 0 radical (unpaired) electrons. The fraction of sp³-hybridized carbons (Fsp3) is 1.00. The third kappa shape index (κ3) is 3.42. The second-order valence-corrected chi connectivity index (χ2v) is 5.44. The minimum atomic E-state index is -4.31. The normalized spacial score (nSPS) is 31.5. The van der Waals surface area contributed by atoms with Crippen LogP contribution in [-0.4, -0.2) is 28.3 Å². The number of hydrogen-bond acceptors (Lipinski definition) is 2. The average molecular weight is 342 g/mol. The molecular formula is C7H10F3IO2S. The molecular weight excluding hydrogens is 332 g/mol. The minimum absolute atomic E-state index is 0.333. The summed E-state index contributed by atoms with van der Waals surface area (Å²) in [4.78, 5) is 0. The molecule has 1 rings (SSSR count). The lowest BCUT2D eigenvalue weighted by Crippen LogP contribution is -2.40. The van der Waals surface area contributed by atoms with Gasteiger partial charge < -0.3 is 7.62 Å². The topological polar surface area (TPSA) is 32.3 Å². The van der Waals surface area contributed by atoms with Gasteiger partial charge in [0.25, 0.3) is 0 Å². The molecule has 0 aromatic carbocycles. The van der Waals surface area contributed by atoms with Gasteiger partial charge in [0.2, 0.25) is 0 Å². The molecule has 1 aliphatic rings. The molecule has 1 saturated heterocycles. The van der Waals surface area contributed by atoms with E-state index in [1.54, 1.807) is 0 Å². The molecule has 1 unspecified atom stereocenters. The highest BCUT2D eigenvalue weighted by Gasteiger charge is 2.47. The summed E-state index contributed by atoms with van der Waals surface area (Å²) in [6, 6.07) is 0. The third-order valence-corrected chi connectivity index (χ3v) is 4.21. The number of rotatable bonds is 2. The van der Waals surface area contributed by atoms with Crippen LogP contribution in [0.4, 0.5) is 13.2 Å². The quantitative estimate of drug-likeness (QED) is 0.570. The molecule has 84 valence electrons. The van der Waals surface area contributed by atoms with Gasteiger partial charge in [0.1, 0.15) is 34.5 Å². The highest BCUT2D eigenvalue weighted by molar-refractivity contribution is 14.1. The Kier molecular flexibility index (Phi) is 4.79. The first-order chi connectivity index (χ1) is 6.45. The van der Waals surface area contributed by atoms with E-state index in [0.29, 0.717) is 24.3 Å². The van der Waals surface area contributed by atoms with Crippen LogP contribution in [0.15, 0.2) is 0 Å². The fourth-order valence-corrected chi connectivity index (χ4v) is 3.54. The average Bonchev–Trinajstić information content (AvgIpc) is 2.07. The van der Waals surface area contributed by atoms with Crippen molar-refractivity contribution in [3.63, 3.8) is 0 Å². The minimum Gasteiger partial charge on any atom is -0.616 e. The van der Waals surface area contributed by atoms with Gasteiger partial charge in [-0.1, -0.05) is 11.2 Å².